The average Bonchev–Trinajstić information content (AvgIpc) is 3.81. The largest absolute Gasteiger partial charge is 0.456 e. The third kappa shape index (κ3) is 5.20. The lowest BCUT2D eigenvalue weighted by molar-refractivity contribution is 0.669. The van der Waals surface area contributed by atoms with E-state index in [0.717, 1.165) is 39.0 Å². The molecule has 2 aromatic heterocycles. The van der Waals surface area contributed by atoms with Gasteiger partial charge in [0.15, 0.2) is 0 Å². The number of rotatable bonds is 6. The first-order valence-corrected chi connectivity index (χ1v) is 18.8. The monoisotopic (exact) mass is 702 g/mol. The topological polar surface area (TPSA) is 21.3 Å². The van der Waals surface area contributed by atoms with Crippen molar-refractivity contribution in [1.29, 1.82) is 0 Å². The molecule has 0 saturated carbocycles. The van der Waals surface area contributed by atoms with E-state index in [1.807, 2.05) is 12.1 Å². The Balaban J connectivity index is 1.02. The fourth-order valence-electron chi connectivity index (χ4n) is 8.37. The first kappa shape index (κ1) is 31.2. The molecule has 0 aliphatic rings. The van der Waals surface area contributed by atoms with E-state index in [4.69, 9.17) is 4.42 Å². The minimum Gasteiger partial charge on any atom is -0.456 e. The van der Waals surface area contributed by atoms with Crippen LogP contribution in [0.1, 0.15) is 0 Å². The highest BCUT2D eigenvalue weighted by molar-refractivity contribution is 6.19. The van der Waals surface area contributed by atoms with Crippen LogP contribution in [0.15, 0.2) is 211 Å². The van der Waals surface area contributed by atoms with Crippen LogP contribution in [0.5, 0.6) is 0 Å². The van der Waals surface area contributed by atoms with Crippen molar-refractivity contribution in [1.82, 2.24) is 4.57 Å². The Morgan fingerprint density at radius 3 is 1.69 bits per heavy atom. The minimum atomic E-state index is 0.910. The number of furan rings is 1. The molecule has 11 aromatic rings. The van der Waals surface area contributed by atoms with E-state index >= 15 is 0 Å². The number of fused-ring (bicyclic) bond motifs is 8. The van der Waals surface area contributed by atoms with Crippen molar-refractivity contribution >= 4 is 71.6 Å². The number of nitrogens with zero attached hydrogens (tertiary/aromatic N) is 2. The number of para-hydroxylation sites is 3. The zero-order valence-corrected chi connectivity index (χ0v) is 29.9. The number of benzene rings is 9. The Kier molecular flexibility index (Phi) is 7.17. The second kappa shape index (κ2) is 12.6. The molecule has 2 heterocycles. The van der Waals surface area contributed by atoms with Gasteiger partial charge in [-0.25, -0.2) is 0 Å². The van der Waals surface area contributed by atoms with Crippen molar-refractivity contribution in [3.63, 3.8) is 0 Å². The lowest BCUT2D eigenvalue weighted by Crippen LogP contribution is -2.09. The maximum Gasteiger partial charge on any atom is 0.136 e. The van der Waals surface area contributed by atoms with E-state index in [9.17, 15) is 0 Å². The highest BCUT2D eigenvalue weighted by Gasteiger charge is 2.17. The zero-order valence-electron chi connectivity index (χ0n) is 29.9. The summed E-state index contributed by atoms with van der Waals surface area (Å²) in [5.41, 5.74) is 13.4. The summed E-state index contributed by atoms with van der Waals surface area (Å²) in [4.78, 5) is 2.35. The molecule has 0 radical (unpaired) electrons. The van der Waals surface area contributed by atoms with E-state index < -0.39 is 0 Å². The minimum absolute atomic E-state index is 0.910. The SMILES string of the molecule is c1ccc(-c2ccc(N(c3ccc(-c4ccc5c(c4)c4ccccc4n5-c4ccccc4)cc3)c3ccc4c(ccc5oc6ccccc6c54)c3)cc2)cc1. The molecular formula is C52H34N2O. The van der Waals surface area contributed by atoms with Gasteiger partial charge in [0.2, 0.25) is 0 Å². The summed E-state index contributed by atoms with van der Waals surface area (Å²) in [6.45, 7) is 0. The van der Waals surface area contributed by atoms with Crippen LogP contribution in [0.25, 0.3) is 82.5 Å². The third-order valence-electron chi connectivity index (χ3n) is 11.0. The predicted octanol–water partition coefficient (Wildman–Crippen LogP) is 14.6. The normalized spacial score (nSPS) is 11.6. The molecule has 0 aliphatic carbocycles. The van der Waals surface area contributed by atoms with Gasteiger partial charge in [-0.05, 0) is 112 Å². The Labute approximate surface area is 318 Å². The Morgan fingerprint density at radius 1 is 0.345 bits per heavy atom. The second-order valence-electron chi connectivity index (χ2n) is 14.2. The smallest absolute Gasteiger partial charge is 0.136 e. The number of aromatic nitrogens is 1. The van der Waals surface area contributed by atoms with Gasteiger partial charge < -0.3 is 13.9 Å². The molecule has 11 rings (SSSR count). The molecule has 0 saturated heterocycles. The molecule has 0 aliphatic heterocycles. The fraction of sp³-hybridized carbons (Fsp3) is 0. The summed E-state index contributed by atoms with van der Waals surface area (Å²) >= 11 is 0. The molecule has 55 heavy (non-hydrogen) atoms. The van der Waals surface area contributed by atoms with Crippen LogP contribution in [0, 0.1) is 0 Å². The van der Waals surface area contributed by atoms with Crippen molar-refractivity contribution in [3.8, 4) is 27.9 Å². The lowest BCUT2D eigenvalue weighted by Gasteiger charge is -2.26. The molecule has 3 heteroatoms. The summed E-state index contributed by atoms with van der Waals surface area (Å²) in [5, 5.41) is 7.15. The van der Waals surface area contributed by atoms with Gasteiger partial charge in [-0.3, -0.25) is 0 Å². The standard InChI is InChI=1S/C52H34N2O/c1-3-11-35(12-4-1)36-19-25-41(26-20-36)53(43-29-30-44-39(33-43)24-32-51-52(44)46-16-8-10-18-50(46)55-51)42-27-21-37(22-28-42)38-23-31-49-47(34-38)45-15-7-9-17-48(45)54(49)40-13-5-2-6-14-40/h1-34H. The second-order valence-corrected chi connectivity index (χ2v) is 14.2. The third-order valence-corrected chi connectivity index (χ3v) is 11.0. The summed E-state index contributed by atoms with van der Waals surface area (Å²) in [7, 11) is 0. The molecule has 0 amide bonds. The average molecular weight is 703 g/mol. The highest BCUT2D eigenvalue weighted by Crippen LogP contribution is 2.41. The van der Waals surface area contributed by atoms with Crippen molar-refractivity contribution in [3.05, 3.63) is 206 Å². The molecular weight excluding hydrogens is 669 g/mol. The van der Waals surface area contributed by atoms with Crippen LogP contribution in [0.3, 0.4) is 0 Å². The summed E-state index contributed by atoms with van der Waals surface area (Å²) < 4.78 is 8.59. The Hall–Kier alpha value is -7.36. The first-order valence-electron chi connectivity index (χ1n) is 18.8. The van der Waals surface area contributed by atoms with Gasteiger partial charge in [-0.2, -0.15) is 0 Å². The quantitative estimate of drug-likeness (QED) is 0.172. The van der Waals surface area contributed by atoms with Crippen LogP contribution in [0.4, 0.5) is 17.1 Å². The number of anilines is 3. The van der Waals surface area contributed by atoms with Crippen molar-refractivity contribution in [2.45, 2.75) is 0 Å². The predicted molar refractivity (Wildman–Crippen MR) is 231 cm³/mol. The molecule has 9 aromatic carbocycles. The molecule has 0 unspecified atom stereocenters. The van der Waals surface area contributed by atoms with Crippen molar-refractivity contribution in [2.24, 2.45) is 0 Å². The maximum atomic E-state index is 6.23. The van der Waals surface area contributed by atoms with Crippen LogP contribution in [0.2, 0.25) is 0 Å². The van der Waals surface area contributed by atoms with Gasteiger partial charge in [0.1, 0.15) is 11.2 Å². The molecule has 0 spiro atoms. The molecule has 0 atom stereocenters. The summed E-state index contributed by atoms with van der Waals surface area (Å²) in [6, 6.07) is 74.0. The van der Waals surface area contributed by atoms with E-state index in [1.54, 1.807) is 0 Å². The molecule has 0 fully saturated rings. The lowest BCUT2D eigenvalue weighted by atomic mass is 10.0. The Morgan fingerprint density at radius 2 is 0.927 bits per heavy atom. The zero-order chi connectivity index (χ0) is 36.3. The van der Waals surface area contributed by atoms with Gasteiger partial charge in [-0.1, -0.05) is 127 Å². The van der Waals surface area contributed by atoms with Crippen molar-refractivity contribution < 1.29 is 4.42 Å². The van der Waals surface area contributed by atoms with Crippen LogP contribution in [-0.4, -0.2) is 4.57 Å². The van der Waals surface area contributed by atoms with Crippen molar-refractivity contribution in [2.75, 3.05) is 4.90 Å². The highest BCUT2D eigenvalue weighted by atomic mass is 16.3. The van der Waals surface area contributed by atoms with Gasteiger partial charge in [0, 0.05) is 44.3 Å². The van der Waals surface area contributed by atoms with Gasteiger partial charge in [0.05, 0.1) is 11.0 Å². The molecule has 0 bridgehead atoms. The van der Waals surface area contributed by atoms with Crippen LogP contribution in [-0.2, 0) is 0 Å². The maximum absolute atomic E-state index is 6.23. The number of hydrogen-bond donors (Lipinski definition) is 0. The molecule has 3 nitrogen and oxygen atoms in total. The van der Waals surface area contributed by atoms with E-state index in [-0.39, 0.29) is 0 Å². The summed E-state index contributed by atoms with van der Waals surface area (Å²) in [5.74, 6) is 0. The van der Waals surface area contributed by atoms with Gasteiger partial charge >= 0.3 is 0 Å². The molecule has 0 N–H and O–H groups in total. The fourth-order valence-corrected chi connectivity index (χ4v) is 8.37. The van der Waals surface area contributed by atoms with Gasteiger partial charge in [0.25, 0.3) is 0 Å². The van der Waals surface area contributed by atoms with E-state index in [0.29, 0.717) is 0 Å². The van der Waals surface area contributed by atoms with Crippen LogP contribution >= 0.6 is 0 Å². The first-order chi connectivity index (χ1) is 27.3. The van der Waals surface area contributed by atoms with E-state index in [2.05, 4.69) is 204 Å². The van der Waals surface area contributed by atoms with Gasteiger partial charge in [-0.15, -0.1) is 0 Å². The number of hydrogen-bond acceptors (Lipinski definition) is 2. The summed E-state index contributed by atoms with van der Waals surface area (Å²) in [6.07, 6.45) is 0. The van der Waals surface area contributed by atoms with E-state index in [1.165, 1.54) is 60.5 Å². The Bertz CT molecular complexity index is 3180. The molecule has 258 valence electrons. The van der Waals surface area contributed by atoms with Crippen LogP contribution < -0.4 is 4.90 Å².